The van der Waals surface area contributed by atoms with E-state index < -0.39 is 5.92 Å². The van der Waals surface area contributed by atoms with Gasteiger partial charge in [-0.25, -0.2) is 4.98 Å². The highest BCUT2D eigenvalue weighted by Gasteiger charge is 2.31. The number of carbonyl (C=O) groups excluding carboxylic acids is 1. The van der Waals surface area contributed by atoms with Crippen LogP contribution >= 0.6 is 11.8 Å². The number of nitrogens with one attached hydrogen (secondary N) is 2. The normalized spacial score (nSPS) is 14.8. The van der Waals surface area contributed by atoms with Gasteiger partial charge in [0.2, 0.25) is 5.91 Å². The van der Waals surface area contributed by atoms with Crippen LogP contribution in [0, 0.1) is 6.92 Å². The summed E-state index contributed by atoms with van der Waals surface area (Å²) >= 11 is 1.43. The minimum atomic E-state index is -0.442. The van der Waals surface area contributed by atoms with Gasteiger partial charge in [-0.15, -0.1) is 0 Å². The van der Waals surface area contributed by atoms with Crippen LogP contribution in [0.4, 0.5) is 5.82 Å². The summed E-state index contributed by atoms with van der Waals surface area (Å²) in [6.07, 6.45) is 1.79. The molecule has 1 atom stereocenters. The summed E-state index contributed by atoms with van der Waals surface area (Å²) in [6, 6.07) is 13.5. The fraction of sp³-hybridized carbons (Fsp3) is 0.240. The van der Waals surface area contributed by atoms with Crippen LogP contribution in [0.5, 0.6) is 11.5 Å². The average Bonchev–Trinajstić information content (AvgIpc) is 2.81. The Labute approximate surface area is 196 Å². The molecule has 33 heavy (non-hydrogen) atoms. The number of ether oxygens (including phenoxy) is 2. The number of thioether (sulfide) groups is 1. The highest BCUT2D eigenvalue weighted by Crippen LogP contribution is 2.38. The number of anilines is 1. The molecule has 0 aliphatic carbocycles. The molecule has 0 bridgehead atoms. The minimum absolute atomic E-state index is 0.142. The first kappa shape index (κ1) is 22.7. The number of rotatable bonds is 8. The van der Waals surface area contributed by atoms with Crippen LogP contribution in [0.15, 0.2) is 65.1 Å². The van der Waals surface area contributed by atoms with Gasteiger partial charge in [0.25, 0.3) is 5.56 Å². The van der Waals surface area contributed by atoms with Gasteiger partial charge in [-0.2, -0.15) is 0 Å². The number of H-pyrrole nitrogens is 1. The van der Waals surface area contributed by atoms with Gasteiger partial charge in [0.15, 0.2) is 16.7 Å². The number of aryl methyl sites for hydroxylation is 1. The summed E-state index contributed by atoms with van der Waals surface area (Å²) in [7, 11) is 1.55. The molecule has 4 rings (SSSR count). The van der Waals surface area contributed by atoms with Crippen molar-refractivity contribution in [3.05, 3.63) is 87.7 Å². The van der Waals surface area contributed by atoms with Gasteiger partial charge in [0.1, 0.15) is 12.4 Å². The van der Waals surface area contributed by atoms with Gasteiger partial charge in [-0.3, -0.25) is 9.59 Å². The number of carbonyl (C=O) groups is 1. The molecule has 0 radical (unpaired) electrons. The first-order valence-electron chi connectivity index (χ1n) is 10.5. The third-order valence-corrected chi connectivity index (χ3v) is 6.42. The number of nitrogens with zero attached hydrogens (tertiary/aromatic N) is 1. The summed E-state index contributed by atoms with van der Waals surface area (Å²) in [4.78, 5) is 33.0. The molecule has 0 saturated carbocycles. The summed E-state index contributed by atoms with van der Waals surface area (Å²) < 4.78 is 11.1. The lowest BCUT2D eigenvalue weighted by Gasteiger charge is -2.25. The van der Waals surface area contributed by atoms with Crippen molar-refractivity contribution in [3.8, 4) is 11.5 Å². The van der Waals surface area contributed by atoms with E-state index in [0.717, 1.165) is 11.1 Å². The summed E-state index contributed by atoms with van der Waals surface area (Å²) in [5, 5.41) is 3.23. The molecule has 0 saturated heterocycles. The topological polar surface area (TPSA) is 93.3 Å². The van der Waals surface area contributed by atoms with Gasteiger partial charge in [-0.1, -0.05) is 54.7 Å². The maximum atomic E-state index is 13.1. The van der Waals surface area contributed by atoms with Crippen LogP contribution in [-0.4, -0.2) is 29.6 Å². The molecule has 1 aliphatic heterocycles. The minimum Gasteiger partial charge on any atom is -0.493 e. The predicted octanol–water partition coefficient (Wildman–Crippen LogP) is 4.42. The third kappa shape index (κ3) is 4.96. The lowest BCUT2D eigenvalue weighted by molar-refractivity contribution is -0.116. The Hall–Kier alpha value is -3.52. The number of hydrogen-bond acceptors (Lipinski definition) is 6. The molecule has 170 valence electrons. The Morgan fingerprint density at radius 2 is 2.03 bits per heavy atom. The highest BCUT2D eigenvalue weighted by atomic mass is 32.2. The zero-order valence-corrected chi connectivity index (χ0v) is 19.3. The van der Waals surface area contributed by atoms with Crippen LogP contribution in [0.1, 0.15) is 34.6 Å². The van der Waals surface area contributed by atoms with Crippen molar-refractivity contribution in [1.82, 2.24) is 9.97 Å². The standard InChI is InChI=1S/C25H25N3O4S/c1-4-11-32-19-10-9-16(12-20(19)31-3)18-13-21(29)26-23-22(18)24(30)28-25(27-23)33-14-17-8-6-5-7-15(17)2/h4-10,12,18H,1,11,13-14H2,2-3H3,(H2,26,27,28,29,30)/t18-/m1/s1. The Morgan fingerprint density at radius 1 is 1.21 bits per heavy atom. The second-order valence-electron chi connectivity index (χ2n) is 7.66. The van der Waals surface area contributed by atoms with Gasteiger partial charge >= 0.3 is 0 Å². The van der Waals surface area contributed by atoms with Crippen molar-refractivity contribution in [2.75, 3.05) is 19.0 Å². The zero-order valence-electron chi connectivity index (χ0n) is 18.5. The van der Waals surface area contributed by atoms with E-state index in [0.29, 0.717) is 40.4 Å². The first-order valence-corrected chi connectivity index (χ1v) is 11.5. The van der Waals surface area contributed by atoms with Crippen LogP contribution in [0.25, 0.3) is 0 Å². The molecule has 0 fully saturated rings. The molecule has 2 heterocycles. The monoisotopic (exact) mass is 463 g/mol. The molecule has 2 N–H and O–H groups in total. The van der Waals surface area contributed by atoms with E-state index in [1.807, 2.05) is 37.3 Å². The van der Waals surface area contributed by atoms with Gasteiger partial charge in [0, 0.05) is 18.1 Å². The Bertz CT molecular complexity index is 1250. The zero-order chi connectivity index (χ0) is 23.4. The first-order chi connectivity index (χ1) is 16.0. The van der Waals surface area contributed by atoms with E-state index in [2.05, 4.69) is 21.9 Å². The molecule has 8 heteroatoms. The van der Waals surface area contributed by atoms with Crippen molar-refractivity contribution in [1.29, 1.82) is 0 Å². The molecule has 1 aliphatic rings. The van der Waals surface area contributed by atoms with E-state index >= 15 is 0 Å². The molecule has 2 aromatic carbocycles. The number of aromatic nitrogens is 2. The van der Waals surface area contributed by atoms with Crippen LogP contribution in [0.3, 0.4) is 0 Å². The number of hydrogen-bond donors (Lipinski definition) is 2. The molecule has 0 unspecified atom stereocenters. The molecule has 7 nitrogen and oxygen atoms in total. The number of benzene rings is 2. The lowest BCUT2D eigenvalue weighted by atomic mass is 9.86. The average molecular weight is 464 g/mol. The molecule has 3 aromatic rings. The van der Waals surface area contributed by atoms with Crippen molar-refractivity contribution in [3.63, 3.8) is 0 Å². The summed E-state index contributed by atoms with van der Waals surface area (Å²) in [5.41, 5.74) is 3.30. The summed E-state index contributed by atoms with van der Waals surface area (Å²) in [5.74, 6) is 1.43. The Kier molecular flexibility index (Phi) is 6.84. The van der Waals surface area contributed by atoms with E-state index in [1.54, 1.807) is 25.3 Å². The molecular formula is C25H25N3O4S. The molecule has 0 spiro atoms. The van der Waals surface area contributed by atoms with Gasteiger partial charge in [-0.05, 0) is 35.7 Å². The number of methoxy groups -OCH3 is 1. The lowest BCUT2D eigenvalue weighted by Crippen LogP contribution is -2.31. The van der Waals surface area contributed by atoms with Crippen molar-refractivity contribution < 1.29 is 14.3 Å². The van der Waals surface area contributed by atoms with Crippen LogP contribution in [0.2, 0.25) is 0 Å². The molecular weight excluding hydrogens is 438 g/mol. The largest absolute Gasteiger partial charge is 0.493 e. The third-order valence-electron chi connectivity index (χ3n) is 5.50. The fourth-order valence-electron chi connectivity index (χ4n) is 3.79. The smallest absolute Gasteiger partial charge is 0.257 e. The number of amides is 1. The second-order valence-corrected chi connectivity index (χ2v) is 8.63. The maximum absolute atomic E-state index is 13.1. The van der Waals surface area contributed by atoms with Crippen LogP contribution in [-0.2, 0) is 10.5 Å². The van der Waals surface area contributed by atoms with Crippen molar-refractivity contribution >= 4 is 23.5 Å². The maximum Gasteiger partial charge on any atom is 0.257 e. The molecule has 1 amide bonds. The van der Waals surface area contributed by atoms with Gasteiger partial charge in [0.05, 0.1) is 12.7 Å². The number of fused-ring (bicyclic) bond motifs is 1. The highest BCUT2D eigenvalue weighted by molar-refractivity contribution is 7.98. The van der Waals surface area contributed by atoms with Gasteiger partial charge < -0.3 is 19.8 Å². The number of aromatic amines is 1. The van der Waals surface area contributed by atoms with E-state index in [-0.39, 0.29) is 17.9 Å². The Balaban J connectivity index is 1.65. The van der Waals surface area contributed by atoms with E-state index in [4.69, 9.17) is 9.47 Å². The van der Waals surface area contributed by atoms with E-state index in [1.165, 1.54) is 17.3 Å². The van der Waals surface area contributed by atoms with Crippen molar-refractivity contribution in [2.24, 2.45) is 0 Å². The second kappa shape index (κ2) is 9.95. The predicted molar refractivity (Wildman–Crippen MR) is 129 cm³/mol. The quantitative estimate of drug-likeness (QED) is 0.292. The van der Waals surface area contributed by atoms with E-state index in [9.17, 15) is 9.59 Å². The SMILES string of the molecule is C=CCOc1ccc([C@H]2CC(=O)Nc3nc(SCc4ccccc4C)[nH]c(=O)c32)cc1OC. The van der Waals surface area contributed by atoms with Crippen molar-refractivity contribution in [2.45, 2.75) is 30.2 Å². The Morgan fingerprint density at radius 3 is 2.79 bits per heavy atom. The summed E-state index contributed by atoms with van der Waals surface area (Å²) in [6.45, 7) is 6.04. The molecule has 1 aromatic heterocycles. The van der Waals surface area contributed by atoms with Crippen LogP contribution < -0.4 is 20.3 Å². The fourth-order valence-corrected chi connectivity index (χ4v) is 4.73.